The lowest BCUT2D eigenvalue weighted by Gasteiger charge is -2.10. The van der Waals surface area contributed by atoms with Crippen LogP contribution in [0.4, 0.5) is 0 Å². The average molecular weight is 267 g/mol. The van der Waals surface area contributed by atoms with Gasteiger partial charge < -0.3 is 15.2 Å². The summed E-state index contributed by atoms with van der Waals surface area (Å²) in [6.45, 7) is 2.24. The Morgan fingerprint density at radius 3 is 3.17 bits per heavy atom. The SMILES string of the molecule is NCc1cccc(OCCSCC2CCCO2)c1. The summed E-state index contributed by atoms with van der Waals surface area (Å²) >= 11 is 1.91. The van der Waals surface area contributed by atoms with Gasteiger partial charge in [0.15, 0.2) is 0 Å². The first-order chi connectivity index (χ1) is 8.88. The monoisotopic (exact) mass is 267 g/mol. The van der Waals surface area contributed by atoms with Crippen LogP contribution < -0.4 is 10.5 Å². The first-order valence-corrected chi connectivity index (χ1v) is 7.65. The van der Waals surface area contributed by atoms with E-state index in [1.165, 1.54) is 12.8 Å². The van der Waals surface area contributed by atoms with Gasteiger partial charge in [0.05, 0.1) is 12.7 Å². The van der Waals surface area contributed by atoms with Crippen molar-refractivity contribution < 1.29 is 9.47 Å². The van der Waals surface area contributed by atoms with Crippen LogP contribution >= 0.6 is 11.8 Å². The topological polar surface area (TPSA) is 44.5 Å². The quantitative estimate of drug-likeness (QED) is 0.771. The van der Waals surface area contributed by atoms with Crippen LogP contribution in [0.5, 0.6) is 5.75 Å². The second-order valence-corrected chi connectivity index (χ2v) is 5.56. The van der Waals surface area contributed by atoms with Crippen LogP contribution in [0, 0.1) is 0 Å². The molecule has 1 aromatic carbocycles. The molecule has 1 atom stereocenters. The molecule has 0 amide bonds. The molecule has 1 fully saturated rings. The van der Waals surface area contributed by atoms with Crippen LogP contribution in [-0.2, 0) is 11.3 Å². The van der Waals surface area contributed by atoms with E-state index in [-0.39, 0.29) is 0 Å². The number of ether oxygens (including phenoxy) is 2. The third-order valence-electron chi connectivity index (χ3n) is 2.96. The molecule has 1 aliphatic rings. The van der Waals surface area contributed by atoms with Crippen molar-refractivity contribution in [2.24, 2.45) is 5.73 Å². The molecule has 3 nitrogen and oxygen atoms in total. The Balaban J connectivity index is 1.59. The highest BCUT2D eigenvalue weighted by Crippen LogP contribution is 2.17. The first-order valence-electron chi connectivity index (χ1n) is 6.49. The third-order valence-corrected chi connectivity index (χ3v) is 4.02. The maximum Gasteiger partial charge on any atom is 0.119 e. The minimum atomic E-state index is 0.468. The van der Waals surface area contributed by atoms with E-state index >= 15 is 0 Å². The maximum absolute atomic E-state index is 5.70. The number of hydrogen-bond donors (Lipinski definition) is 1. The van der Waals surface area contributed by atoms with E-state index in [1.807, 2.05) is 36.0 Å². The Labute approximate surface area is 113 Å². The molecule has 0 spiro atoms. The van der Waals surface area contributed by atoms with Crippen molar-refractivity contribution in [3.63, 3.8) is 0 Å². The van der Waals surface area contributed by atoms with Crippen LogP contribution in [-0.4, -0.2) is 30.8 Å². The van der Waals surface area contributed by atoms with E-state index in [4.69, 9.17) is 15.2 Å². The van der Waals surface area contributed by atoms with E-state index in [0.29, 0.717) is 12.6 Å². The fraction of sp³-hybridized carbons (Fsp3) is 0.571. The van der Waals surface area contributed by atoms with Crippen molar-refractivity contribution in [1.82, 2.24) is 0 Å². The molecule has 0 aliphatic carbocycles. The molecule has 1 unspecified atom stereocenters. The van der Waals surface area contributed by atoms with Crippen molar-refractivity contribution in [3.05, 3.63) is 29.8 Å². The van der Waals surface area contributed by atoms with Crippen molar-refractivity contribution in [1.29, 1.82) is 0 Å². The van der Waals surface area contributed by atoms with E-state index < -0.39 is 0 Å². The van der Waals surface area contributed by atoms with Gasteiger partial charge in [0.2, 0.25) is 0 Å². The van der Waals surface area contributed by atoms with Gasteiger partial charge in [-0.3, -0.25) is 0 Å². The van der Waals surface area contributed by atoms with Gasteiger partial charge in [-0.1, -0.05) is 12.1 Å². The van der Waals surface area contributed by atoms with Gasteiger partial charge in [0, 0.05) is 24.7 Å². The summed E-state index contributed by atoms with van der Waals surface area (Å²) in [5, 5.41) is 0. The molecule has 0 aromatic heterocycles. The zero-order valence-electron chi connectivity index (χ0n) is 10.6. The first kappa shape index (κ1) is 13.7. The van der Waals surface area contributed by atoms with Gasteiger partial charge in [-0.25, -0.2) is 0 Å². The van der Waals surface area contributed by atoms with E-state index in [2.05, 4.69) is 0 Å². The molecule has 1 saturated heterocycles. The van der Waals surface area contributed by atoms with Crippen molar-refractivity contribution >= 4 is 11.8 Å². The van der Waals surface area contributed by atoms with Gasteiger partial charge >= 0.3 is 0 Å². The lowest BCUT2D eigenvalue weighted by molar-refractivity contribution is 0.129. The molecule has 0 saturated carbocycles. The summed E-state index contributed by atoms with van der Waals surface area (Å²) in [6.07, 6.45) is 2.90. The summed E-state index contributed by atoms with van der Waals surface area (Å²) in [4.78, 5) is 0. The fourth-order valence-electron chi connectivity index (χ4n) is 1.97. The van der Waals surface area contributed by atoms with Gasteiger partial charge in [-0.15, -0.1) is 0 Å². The third kappa shape index (κ3) is 4.52. The van der Waals surface area contributed by atoms with Crippen molar-refractivity contribution in [2.75, 3.05) is 24.7 Å². The normalized spacial score (nSPS) is 19.1. The lowest BCUT2D eigenvalue weighted by Crippen LogP contribution is -2.10. The highest BCUT2D eigenvalue weighted by Gasteiger charge is 2.14. The molecule has 4 heteroatoms. The van der Waals surface area contributed by atoms with Gasteiger partial charge in [0.25, 0.3) is 0 Å². The summed E-state index contributed by atoms with van der Waals surface area (Å²) in [5.74, 6) is 3.01. The minimum Gasteiger partial charge on any atom is -0.493 e. The standard InChI is InChI=1S/C14H21NO2S/c15-10-12-3-1-4-13(9-12)17-7-8-18-11-14-5-2-6-16-14/h1,3-4,9,14H,2,5-8,10-11,15H2. The van der Waals surface area contributed by atoms with E-state index in [0.717, 1.165) is 36.0 Å². The Morgan fingerprint density at radius 1 is 1.44 bits per heavy atom. The zero-order chi connectivity index (χ0) is 12.6. The van der Waals surface area contributed by atoms with Crippen LogP contribution in [0.2, 0.25) is 0 Å². The van der Waals surface area contributed by atoms with Crippen LogP contribution in [0.15, 0.2) is 24.3 Å². The molecule has 100 valence electrons. The molecule has 18 heavy (non-hydrogen) atoms. The summed E-state index contributed by atoms with van der Waals surface area (Å²) in [6, 6.07) is 7.98. The van der Waals surface area contributed by atoms with E-state index in [9.17, 15) is 0 Å². The number of nitrogens with two attached hydrogens (primary N) is 1. The second-order valence-electron chi connectivity index (χ2n) is 4.41. The van der Waals surface area contributed by atoms with Gasteiger partial charge in [-0.05, 0) is 30.5 Å². The summed E-state index contributed by atoms with van der Waals surface area (Å²) in [5.41, 5.74) is 6.70. The number of rotatable bonds is 7. The lowest BCUT2D eigenvalue weighted by atomic mass is 10.2. The second kappa shape index (κ2) is 7.67. The molecule has 1 heterocycles. The highest BCUT2D eigenvalue weighted by molar-refractivity contribution is 7.99. The summed E-state index contributed by atoms with van der Waals surface area (Å²) < 4.78 is 11.3. The molecule has 1 aliphatic heterocycles. The smallest absolute Gasteiger partial charge is 0.119 e. The van der Waals surface area contributed by atoms with Gasteiger partial charge in [-0.2, -0.15) is 11.8 Å². The predicted octanol–water partition coefficient (Wildman–Crippen LogP) is 2.44. The highest BCUT2D eigenvalue weighted by atomic mass is 32.2. The number of hydrogen-bond acceptors (Lipinski definition) is 4. The molecule has 0 bridgehead atoms. The van der Waals surface area contributed by atoms with Crippen LogP contribution in [0.3, 0.4) is 0 Å². The fourth-order valence-corrected chi connectivity index (χ4v) is 2.86. The predicted molar refractivity (Wildman–Crippen MR) is 76.1 cm³/mol. The Morgan fingerprint density at radius 2 is 2.39 bits per heavy atom. The zero-order valence-corrected chi connectivity index (χ0v) is 11.5. The molecule has 2 rings (SSSR count). The van der Waals surface area contributed by atoms with E-state index in [1.54, 1.807) is 0 Å². The molecule has 1 aromatic rings. The number of thioether (sulfide) groups is 1. The van der Waals surface area contributed by atoms with Crippen LogP contribution in [0.25, 0.3) is 0 Å². The minimum absolute atomic E-state index is 0.468. The number of benzene rings is 1. The summed E-state index contributed by atoms with van der Waals surface area (Å²) in [7, 11) is 0. The Hall–Kier alpha value is -0.710. The molecular formula is C14H21NO2S. The maximum atomic E-state index is 5.70. The molecular weight excluding hydrogens is 246 g/mol. The van der Waals surface area contributed by atoms with Crippen molar-refractivity contribution in [2.45, 2.75) is 25.5 Å². The van der Waals surface area contributed by atoms with Crippen LogP contribution in [0.1, 0.15) is 18.4 Å². The van der Waals surface area contributed by atoms with Crippen molar-refractivity contribution in [3.8, 4) is 5.75 Å². The average Bonchev–Trinajstić information content (AvgIpc) is 2.92. The Kier molecular flexibility index (Phi) is 5.84. The Bertz CT molecular complexity index is 353. The molecule has 2 N–H and O–H groups in total. The largest absolute Gasteiger partial charge is 0.493 e. The molecule has 0 radical (unpaired) electrons. The van der Waals surface area contributed by atoms with Gasteiger partial charge in [0.1, 0.15) is 5.75 Å².